The lowest BCUT2D eigenvalue weighted by molar-refractivity contribution is -0.136. The average molecular weight is 504 g/mol. The van der Waals surface area contributed by atoms with Gasteiger partial charge in [0.1, 0.15) is 6.04 Å². The Labute approximate surface area is 218 Å². The number of amides is 3. The molecule has 196 valence electrons. The lowest BCUT2D eigenvalue weighted by Gasteiger charge is -2.22. The molecule has 0 bridgehead atoms. The summed E-state index contributed by atoms with van der Waals surface area (Å²) in [7, 11) is 0. The summed E-state index contributed by atoms with van der Waals surface area (Å²) in [6.07, 6.45) is 4.54. The highest BCUT2D eigenvalue weighted by molar-refractivity contribution is 5.91. The molecule has 0 unspecified atom stereocenters. The van der Waals surface area contributed by atoms with Gasteiger partial charge in [0.15, 0.2) is 0 Å². The fraction of sp³-hybridized carbons (Fsp3) is 0.367. The standard InChI is InChI=1S/C30H37N3O4/c1-2-3-4-8-15-26(20-28(34)33-37)29(35)32-27(30(36)31-21-22-11-6-5-7-12-22)19-23-16-17-24-13-9-10-14-25(24)18-23/h5-7,9-14,16-18,26-27,37H,2-4,8,15,19-21H2,1H3,(H,31,36)(H,32,35)(H,33,34)/t26-,27-/m0/s1. The zero-order chi connectivity index (χ0) is 26.5. The smallest absolute Gasteiger partial charge is 0.244 e. The molecular formula is C30H37N3O4. The predicted molar refractivity (Wildman–Crippen MR) is 145 cm³/mol. The Morgan fingerprint density at radius 3 is 2.27 bits per heavy atom. The third-order valence-corrected chi connectivity index (χ3v) is 6.53. The molecule has 0 aromatic heterocycles. The van der Waals surface area contributed by atoms with Crippen molar-refractivity contribution in [2.75, 3.05) is 0 Å². The van der Waals surface area contributed by atoms with Crippen LogP contribution in [0.3, 0.4) is 0 Å². The van der Waals surface area contributed by atoms with Crippen LogP contribution in [-0.4, -0.2) is 29.0 Å². The number of hydrogen-bond donors (Lipinski definition) is 4. The number of fused-ring (bicyclic) bond motifs is 1. The molecule has 0 saturated heterocycles. The van der Waals surface area contributed by atoms with Crippen molar-refractivity contribution in [2.45, 2.75) is 64.5 Å². The van der Waals surface area contributed by atoms with Crippen molar-refractivity contribution < 1.29 is 19.6 Å². The van der Waals surface area contributed by atoms with Crippen LogP contribution >= 0.6 is 0 Å². The molecule has 37 heavy (non-hydrogen) atoms. The molecule has 0 radical (unpaired) electrons. The van der Waals surface area contributed by atoms with Crippen molar-refractivity contribution in [1.29, 1.82) is 0 Å². The van der Waals surface area contributed by atoms with Crippen molar-refractivity contribution in [1.82, 2.24) is 16.1 Å². The Bertz CT molecular complexity index is 1170. The lowest BCUT2D eigenvalue weighted by atomic mass is 9.95. The SMILES string of the molecule is CCCCCC[C@@H](CC(=O)NO)C(=O)N[C@@H](Cc1ccc2ccccc2c1)C(=O)NCc1ccccc1. The van der Waals surface area contributed by atoms with E-state index in [9.17, 15) is 14.4 Å². The Balaban J connectivity index is 1.76. The molecule has 3 aromatic rings. The summed E-state index contributed by atoms with van der Waals surface area (Å²) in [5, 5.41) is 17.0. The normalized spacial score (nSPS) is 12.5. The molecule has 4 N–H and O–H groups in total. The van der Waals surface area contributed by atoms with E-state index in [-0.39, 0.29) is 18.2 Å². The molecule has 0 aliphatic carbocycles. The minimum absolute atomic E-state index is 0.136. The molecule has 0 saturated carbocycles. The van der Waals surface area contributed by atoms with E-state index in [1.807, 2.05) is 72.8 Å². The van der Waals surface area contributed by atoms with E-state index < -0.39 is 17.9 Å². The van der Waals surface area contributed by atoms with Gasteiger partial charge in [-0.2, -0.15) is 0 Å². The Kier molecular flexibility index (Phi) is 11.1. The van der Waals surface area contributed by atoms with E-state index in [2.05, 4.69) is 17.6 Å². The highest BCUT2D eigenvalue weighted by Gasteiger charge is 2.27. The van der Waals surface area contributed by atoms with Crippen LogP contribution in [0.25, 0.3) is 10.8 Å². The molecule has 0 heterocycles. The van der Waals surface area contributed by atoms with Crippen molar-refractivity contribution >= 4 is 28.5 Å². The largest absolute Gasteiger partial charge is 0.350 e. The fourth-order valence-corrected chi connectivity index (χ4v) is 4.42. The first-order valence-electron chi connectivity index (χ1n) is 13.0. The van der Waals surface area contributed by atoms with Gasteiger partial charge < -0.3 is 10.6 Å². The van der Waals surface area contributed by atoms with Gasteiger partial charge in [0.25, 0.3) is 0 Å². The molecule has 7 heteroatoms. The Morgan fingerprint density at radius 2 is 1.54 bits per heavy atom. The minimum atomic E-state index is -0.812. The van der Waals surface area contributed by atoms with Crippen LogP contribution in [0, 0.1) is 5.92 Å². The van der Waals surface area contributed by atoms with Crippen LogP contribution in [0.1, 0.15) is 56.6 Å². The monoisotopic (exact) mass is 503 g/mol. The van der Waals surface area contributed by atoms with Crippen LogP contribution in [0.5, 0.6) is 0 Å². The maximum Gasteiger partial charge on any atom is 0.244 e. The van der Waals surface area contributed by atoms with Crippen molar-refractivity contribution in [3.63, 3.8) is 0 Å². The van der Waals surface area contributed by atoms with Crippen LogP contribution in [0.2, 0.25) is 0 Å². The number of unbranched alkanes of at least 4 members (excludes halogenated alkanes) is 3. The van der Waals surface area contributed by atoms with Gasteiger partial charge in [0.05, 0.1) is 0 Å². The third kappa shape index (κ3) is 9.03. The number of hydroxylamine groups is 1. The van der Waals surface area contributed by atoms with Gasteiger partial charge in [0, 0.05) is 25.3 Å². The number of benzene rings is 3. The summed E-state index contributed by atoms with van der Waals surface area (Å²) in [6, 6.07) is 22.8. The zero-order valence-electron chi connectivity index (χ0n) is 21.4. The van der Waals surface area contributed by atoms with Crippen LogP contribution < -0.4 is 16.1 Å². The van der Waals surface area contributed by atoms with Gasteiger partial charge in [0.2, 0.25) is 17.7 Å². The number of carbonyl (C=O) groups is 3. The zero-order valence-corrected chi connectivity index (χ0v) is 21.4. The molecular weight excluding hydrogens is 466 g/mol. The van der Waals surface area contributed by atoms with E-state index in [0.29, 0.717) is 19.4 Å². The van der Waals surface area contributed by atoms with Crippen molar-refractivity contribution in [3.8, 4) is 0 Å². The molecule has 0 aliphatic rings. The fourth-order valence-electron chi connectivity index (χ4n) is 4.42. The molecule has 3 aromatic carbocycles. The van der Waals surface area contributed by atoms with E-state index in [0.717, 1.165) is 47.6 Å². The highest BCUT2D eigenvalue weighted by Crippen LogP contribution is 2.19. The Morgan fingerprint density at radius 1 is 0.811 bits per heavy atom. The molecule has 0 aliphatic heterocycles. The van der Waals surface area contributed by atoms with Gasteiger partial charge in [-0.25, -0.2) is 5.48 Å². The second-order valence-corrected chi connectivity index (χ2v) is 9.44. The molecule has 0 fully saturated rings. The summed E-state index contributed by atoms with van der Waals surface area (Å²) >= 11 is 0. The third-order valence-electron chi connectivity index (χ3n) is 6.53. The minimum Gasteiger partial charge on any atom is -0.350 e. The summed E-state index contributed by atoms with van der Waals surface area (Å²) in [5.74, 6) is -1.90. The quantitative estimate of drug-likeness (QED) is 0.146. The van der Waals surface area contributed by atoms with E-state index in [4.69, 9.17) is 5.21 Å². The molecule has 7 nitrogen and oxygen atoms in total. The number of nitrogens with one attached hydrogen (secondary N) is 3. The van der Waals surface area contributed by atoms with Gasteiger partial charge in [-0.15, -0.1) is 0 Å². The number of rotatable bonds is 14. The van der Waals surface area contributed by atoms with Crippen LogP contribution in [-0.2, 0) is 27.3 Å². The molecule has 0 spiro atoms. The van der Waals surface area contributed by atoms with Gasteiger partial charge in [-0.05, 0) is 28.3 Å². The van der Waals surface area contributed by atoms with E-state index >= 15 is 0 Å². The number of carbonyl (C=O) groups excluding carboxylic acids is 3. The second-order valence-electron chi connectivity index (χ2n) is 9.44. The maximum absolute atomic E-state index is 13.3. The summed E-state index contributed by atoms with van der Waals surface area (Å²) in [4.78, 5) is 38.5. The number of hydrogen-bond acceptors (Lipinski definition) is 4. The lowest BCUT2D eigenvalue weighted by Crippen LogP contribution is -2.50. The molecule has 2 atom stereocenters. The molecule has 3 amide bonds. The van der Waals surface area contributed by atoms with E-state index in [1.54, 1.807) is 5.48 Å². The van der Waals surface area contributed by atoms with Gasteiger partial charge >= 0.3 is 0 Å². The average Bonchev–Trinajstić information content (AvgIpc) is 2.93. The van der Waals surface area contributed by atoms with Crippen molar-refractivity contribution in [2.24, 2.45) is 5.92 Å². The maximum atomic E-state index is 13.3. The van der Waals surface area contributed by atoms with Crippen LogP contribution in [0.4, 0.5) is 0 Å². The molecule has 3 rings (SSSR count). The van der Waals surface area contributed by atoms with Crippen LogP contribution in [0.15, 0.2) is 72.8 Å². The second kappa shape index (κ2) is 14.8. The summed E-state index contributed by atoms with van der Waals surface area (Å²) in [5.41, 5.74) is 3.51. The first-order valence-corrected chi connectivity index (χ1v) is 13.0. The predicted octanol–water partition coefficient (Wildman–Crippen LogP) is 4.67. The first-order chi connectivity index (χ1) is 18.0. The first kappa shape index (κ1) is 27.9. The van der Waals surface area contributed by atoms with Gasteiger partial charge in [-0.1, -0.05) is 105 Å². The summed E-state index contributed by atoms with van der Waals surface area (Å²) in [6.45, 7) is 2.45. The van der Waals surface area contributed by atoms with E-state index in [1.165, 1.54) is 0 Å². The Hall–Kier alpha value is -3.71. The topological polar surface area (TPSA) is 108 Å². The van der Waals surface area contributed by atoms with Gasteiger partial charge in [-0.3, -0.25) is 19.6 Å². The summed E-state index contributed by atoms with van der Waals surface area (Å²) < 4.78 is 0. The highest BCUT2D eigenvalue weighted by atomic mass is 16.5. The van der Waals surface area contributed by atoms with Crippen molar-refractivity contribution in [3.05, 3.63) is 83.9 Å².